The number of carbonyl (C=O) groups is 2. The Morgan fingerprint density at radius 3 is 2.44 bits per heavy atom. The molecule has 6 nitrogen and oxygen atoms in total. The molecule has 2 aromatic carbocycles. The van der Waals surface area contributed by atoms with Gasteiger partial charge < -0.3 is 9.94 Å². The van der Waals surface area contributed by atoms with Gasteiger partial charge in [0.25, 0.3) is 5.24 Å². The van der Waals surface area contributed by atoms with E-state index < -0.39 is 0 Å². The lowest BCUT2D eigenvalue weighted by atomic mass is 10.1. The van der Waals surface area contributed by atoms with Gasteiger partial charge >= 0.3 is 0 Å². The number of benzene rings is 2. The van der Waals surface area contributed by atoms with Crippen molar-refractivity contribution in [2.75, 3.05) is 6.61 Å². The number of hydrogen-bond donors (Lipinski definition) is 2. The molecule has 1 saturated heterocycles. The number of nitrogens with one attached hydrogen (secondary N) is 1. The summed E-state index contributed by atoms with van der Waals surface area (Å²) < 4.78 is 5.65. The Morgan fingerprint density at radius 1 is 1.12 bits per heavy atom. The fourth-order valence-electron chi connectivity index (χ4n) is 2.42. The molecule has 0 spiro atoms. The molecule has 1 unspecified atom stereocenters. The van der Waals surface area contributed by atoms with Gasteiger partial charge in [0, 0.05) is 5.56 Å². The Kier molecular flexibility index (Phi) is 5.35. The molecule has 2 N–H and O–H groups in total. The molecule has 1 atom stereocenters. The van der Waals surface area contributed by atoms with Gasteiger partial charge in [0.2, 0.25) is 5.91 Å². The quantitative estimate of drug-likeness (QED) is 0.472. The van der Waals surface area contributed by atoms with E-state index in [1.165, 1.54) is 0 Å². The maximum Gasteiger partial charge on any atom is 0.286 e. The Hall–Kier alpha value is -2.80. The van der Waals surface area contributed by atoms with E-state index in [0.29, 0.717) is 17.9 Å². The topological polar surface area (TPSA) is 88.0 Å². The van der Waals surface area contributed by atoms with Crippen molar-refractivity contribution in [3.05, 3.63) is 65.7 Å². The van der Waals surface area contributed by atoms with Gasteiger partial charge in [-0.25, -0.2) is 0 Å². The molecule has 0 aliphatic carbocycles. The Bertz CT molecular complexity index is 790. The Balaban J connectivity index is 1.57. The summed E-state index contributed by atoms with van der Waals surface area (Å²) in [5.74, 6) is 0.377. The molecule has 25 heavy (non-hydrogen) atoms. The van der Waals surface area contributed by atoms with Crippen LogP contribution < -0.4 is 10.1 Å². The zero-order valence-electron chi connectivity index (χ0n) is 13.2. The molecule has 0 aromatic heterocycles. The summed E-state index contributed by atoms with van der Waals surface area (Å²) in [5.41, 5.74) is 2.16. The van der Waals surface area contributed by atoms with Gasteiger partial charge in [-0.1, -0.05) is 59.4 Å². The van der Waals surface area contributed by atoms with E-state index in [2.05, 4.69) is 10.5 Å². The van der Waals surface area contributed by atoms with Gasteiger partial charge in [0.15, 0.2) is 0 Å². The first kappa shape index (κ1) is 17.0. The third-order valence-electron chi connectivity index (χ3n) is 3.71. The highest BCUT2D eigenvalue weighted by Crippen LogP contribution is 2.23. The molecule has 128 valence electrons. The number of amides is 2. The van der Waals surface area contributed by atoms with Crippen LogP contribution in [-0.2, 0) is 11.2 Å². The fourth-order valence-corrected chi connectivity index (χ4v) is 3.28. The minimum absolute atomic E-state index is 0.134. The van der Waals surface area contributed by atoms with Gasteiger partial charge in [0.05, 0.1) is 5.25 Å². The number of rotatable bonds is 6. The van der Waals surface area contributed by atoms with E-state index in [-0.39, 0.29) is 23.0 Å². The van der Waals surface area contributed by atoms with Crippen LogP contribution in [0.1, 0.15) is 11.1 Å². The smallest absolute Gasteiger partial charge is 0.286 e. The molecule has 0 saturated carbocycles. The van der Waals surface area contributed by atoms with Crippen molar-refractivity contribution in [2.24, 2.45) is 5.16 Å². The Morgan fingerprint density at radius 2 is 1.84 bits per heavy atom. The Labute approximate surface area is 148 Å². The molecule has 1 aliphatic heterocycles. The van der Waals surface area contributed by atoms with Crippen molar-refractivity contribution in [3.63, 3.8) is 0 Å². The zero-order chi connectivity index (χ0) is 17.6. The summed E-state index contributed by atoms with van der Waals surface area (Å²) in [4.78, 5) is 22.8. The SMILES string of the molecule is O=C1NC(=O)C(Cc2ccc(OC/C(=N\O)c3ccccc3)cc2)S1. The molecule has 0 radical (unpaired) electrons. The van der Waals surface area contributed by atoms with E-state index in [9.17, 15) is 9.59 Å². The van der Waals surface area contributed by atoms with Crippen molar-refractivity contribution in [2.45, 2.75) is 11.7 Å². The minimum atomic E-state index is -0.384. The zero-order valence-corrected chi connectivity index (χ0v) is 14.0. The number of nitrogens with zero attached hydrogens (tertiary/aromatic N) is 1. The van der Waals surface area contributed by atoms with Crippen LogP contribution in [0.3, 0.4) is 0 Å². The highest BCUT2D eigenvalue weighted by Gasteiger charge is 2.31. The lowest BCUT2D eigenvalue weighted by Crippen LogP contribution is -2.25. The number of hydrogen-bond acceptors (Lipinski definition) is 6. The molecular formula is C18H16N2O4S. The third kappa shape index (κ3) is 4.39. The fraction of sp³-hybridized carbons (Fsp3) is 0.167. The summed E-state index contributed by atoms with van der Waals surface area (Å²) >= 11 is 1.01. The van der Waals surface area contributed by atoms with Gasteiger partial charge in [-0.2, -0.15) is 0 Å². The molecule has 1 aliphatic rings. The van der Waals surface area contributed by atoms with Crippen LogP contribution in [0.5, 0.6) is 5.75 Å². The second kappa shape index (κ2) is 7.85. The summed E-state index contributed by atoms with van der Waals surface area (Å²) in [7, 11) is 0. The largest absolute Gasteiger partial charge is 0.487 e. The first-order valence-electron chi connectivity index (χ1n) is 7.65. The van der Waals surface area contributed by atoms with Crippen molar-refractivity contribution in [1.82, 2.24) is 5.32 Å². The lowest BCUT2D eigenvalue weighted by Gasteiger charge is -2.09. The maximum absolute atomic E-state index is 11.6. The molecule has 3 rings (SSSR count). The molecule has 2 aromatic rings. The standard InChI is InChI=1S/C18H16N2O4S/c21-17-16(25-18(22)19-17)10-12-6-8-14(9-7-12)24-11-15(20-23)13-4-2-1-3-5-13/h1-9,16,23H,10-11H2,(H,19,21,22)/b20-15+. The second-order valence-corrected chi connectivity index (χ2v) is 6.61. The van der Waals surface area contributed by atoms with Crippen LogP contribution in [0.15, 0.2) is 59.8 Å². The summed E-state index contributed by atoms with van der Waals surface area (Å²) in [6.45, 7) is 0.134. The van der Waals surface area contributed by atoms with Crippen LogP contribution >= 0.6 is 11.8 Å². The second-order valence-electron chi connectivity index (χ2n) is 5.43. The van der Waals surface area contributed by atoms with Gasteiger partial charge in [-0.05, 0) is 24.1 Å². The number of imide groups is 1. The van der Waals surface area contributed by atoms with Crippen LogP contribution in [0.4, 0.5) is 4.79 Å². The van der Waals surface area contributed by atoms with Crippen molar-refractivity contribution >= 4 is 28.6 Å². The molecule has 1 heterocycles. The van der Waals surface area contributed by atoms with E-state index in [0.717, 1.165) is 22.9 Å². The number of carbonyl (C=O) groups excluding carboxylic acids is 2. The van der Waals surface area contributed by atoms with Crippen LogP contribution in [0.2, 0.25) is 0 Å². The number of thioether (sulfide) groups is 1. The molecule has 1 fully saturated rings. The van der Waals surface area contributed by atoms with Gasteiger partial charge in [0.1, 0.15) is 18.1 Å². The van der Waals surface area contributed by atoms with Crippen LogP contribution in [-0.4, -0.2) is 33.9 Å². The minimum Gasteiger partial charge on any atom is -0.487 e. The van der Waals surface area contributed by atoms with E-state index in [1.54, 1.807) is 12.1 Å². The number of ether oxygens (including phenoxy) is 1. The van der Waals surface area contributed by atoms with E-state index in [4.69, 9.17) is 9.94 Å². The van der Waals surface area contributed by atoms with Crippen LogP contribution in [0.25, 0.3) is 0 Å². The monoisotopic (exact) mass is 356 g/mol. The molecule has 2 amide bonds. The highest BCUT2D eigenvalue weighted by atomic mass is 32.2. The first-order chi connectivity index (χ1) is 12.2. The van der Waals surface area contributed by atoms with E-state index >= 15 is 0 Å². The average molecular weight is 356 g/mol. The summed E-state index contributed by atoms with van der Waals surface area (Å²) in [5, 5.41) is 14.0. The molecule has 7 heteroatoms. The predicted octanol–water partition coefficient (Wildman–Crippen LogP) is 2.84. The van der Waals surface area contributed by atoms with Crippen molar-refractivity contribution in [3.8, 4) is 5.75 Å². The van der Waals surface area contributed by atoms with Crippen molar-refractivity contribution in [1.29, 1.82) is 0 Å². The molecular weight excluding hydrogens is 340 g/mol. The predicted molar refractivity (Wildman–Crippen MR) is 95.3 cm³/mol. The third-order valence-corrected chi connectivity index (χ3v) is 4.70. The van der Waals surface area contributed by atoms with E-state index in [1.807, 2.05) is 42.5 Å². The number of oxime groups is 1. The summed E-state index contributed by atoms with van der Waals surface area (Å²) in [6.07, 6.45) is 0.482. The van der Waals surface area contributed by atoms with Gasteiger partial charge in [-0.15, -0.1) is 0 Å². The molecule has 0 bridgehead atoms. The normalized spacial score (nSPS) is 17.4. The first-order valence-corrected chi connectivity index (χ1v) is 8.53. The summed E-state index contributed by atoms with van der Waals surface area (Å²) in [6, 6.07) is 16.6. The van der Waals surface area contributed by atoms with Gasteiger partial charge in [-0.3, -0.25) is 14.9 Å². The van der Waals surface area contributed by atoms with Crippen molar-refractivity contribution < 1.29 is 19.5 Å². The maximum atomic E-state index is 11.6. The highest BCUT2D eigenvalue weighted by molar-refractivity contribution is 8.15. The average Bonchev–Trinajstić information content (AvgIpc) is 2.95. The van der Waals surface area contributed by atoms with Crippen LogP contribution in [0, 0.1) is 0 Å². The lowest BCUT2D eigenvalue weighted by molar-refractivity contribution is -0.118.